The van der Waals surface area contributed by atoms with Gasteiger partial charge in [0.1, 0.15) is 5.82 Å². The topological polar surface area (TPSA) is 54.0 Å². The van der Waals surface area contributed by atoms with E-state index in [1.54, 1.807) is 6.20 Å². The number of nitrogens with one attached hydrogen (secondary N) is 2. The lowest BCUT2D eigenvalue weighted by Crippen LogP contribution is -2.12. The summed E-state index contributed by atoms with van der Waals surface area (Å²) in [5, 5.41) is 6.10. The summed E-state index contributed by atoms with van der Waals surface area (Å²) in [6.45, 7) is 4.21. The van der Waals surface area contributed by atoms with Crippen molar-refractivity contribution >= 4 is 23.1 Å². The minimum absolute atomic E-state index is 0.0187. The molecule has 2 rings (SSSR count). The fourth-order valence-electron chi connectivity index (χ4n) is 2.07. The van der Waals surface area contributed by atoms with Gasteiger partial charge in [-0.25, -0.2) is 4.98 Å². The number of rotatable bonds is 7. The molecule has 1 aromatic carbocycles. The highest BCUT2D eigenvalue weighted by Gasteiger charge is 2.03. The smallest absolute Gasteiger partial charge is 0.225 e. The van der Waals surface area contributed by atoms with Crippen molar-refractivity contribution in [3.8, 4) is 0 Å². The molecule has 0 aliphatic carbocycles. The Morgan fingerprint density at radius 3 is 2.36 bits per heavy atom. The molecule has 0 bridgehead atoms. The molecule has 1 amide bonds. The van der Waals surface area contributed by atoms with Crippen molar-refractivity contribution in [3.05, 3.63) is 48.2 Å². The number of hydrogen-bond donors (Lipinski definition) is 2. The van der Waals surface area contributed by atoms with Crippen LogP contribution in [0.5, 0.6) is 0 Å². The Balaban J connectivity index is 1.92. The van der Waals surface area contributed by atoms with Crippen molar-refractivity contribution in [3.63, 3.8) is 0 Å². The maximum absolute atomic E-state index is 11.6. The zero-order valence-corrected chi connectivity index (χ0v) is 13.2. The highest BCUT2D eigenvalue weighted by atomic mass is 16.1. The van der Waals surface area contributed by atoms with E-state index in [0.29, 0.717) is 12.2 Å². The molecule has 1 heterocycles. The summed E-state index contributed by atoms with van der Waals surface area (Å²) in [7, 11) is 0. The second-order valence-electron chi connectivity index (χ2n) is 5.26. The lowest BCUT2D eigenvalue weighted by atomic mass is 10.1. The van der Waals surface area contributed by atoms with Gasteiger partial charge in [0.05, 0.1) is 11.9 Å². The number of carbonyl (C=O) groups excluding carboxylic acids is 1. The van der Waals surface area contributed by atoms with Crippen LogP contribution < -0.4 is 10.6 Å². The van der Waals surface area contributed by atoms with Gasteiger partial charge in [-0.2, -0.15) is 0 Å². The van der Waals surface area contributed by atoms with Gasteiger partial charge in [0, 0.05) is 12.1 Å². The first kappa shape index (κ1) is 16.0. The van der Waals surface area contributed by atoms with E-state index in [1.807, 2.05) is 12.1 Å². The Kier molecular flexibility index (Phi) is 5.95. The molecule has 0 unspecified atom stereocenters. The molecular formula is C18H23N3O. The molecule has 0 aliphatic rings. The summed E-state index contributed by atoms with van der Waals surface area (Å²) < 4.78 is 0. The van der Waals surface area contributed by atoms with Crippen LogP contribution in [-0.4, -0.2) is 10.9 Å². The van der Waals surface area contributed by atoms with Gasteiger partial charge >= 0.3 is 0 Å². The Morgan fingerprint density at radius 2 is 1.77 bits per heavy atom. The number of aromatic nitrogens is 1. The van der Waals surface area contributed by atoms with Crippen molar-refractivity contribution in [1.82, 2.24) is 4.98 Å². The number of aryl methyl sites for hydroxylation is 1. The minimum Gasteiger partial charge on any atom is -0.354 e. The molecule has 0 aliphatic heterocycles. The predicted octanol–water partition coefficient (Wildman–Crippen LogP) is 4.52. The van der Waals surface area contributed by atoms with Gasteiger partial charge in [0.15, 0.2) is 0 Å². The molecule has 1 aromatic heterocycles. The number of nitrogens with zero attached hydrogens (tertiary/aromatic N) is 1. The fourth-order valence-corrected chi connectivity index (χ4v) is 2.07. The van der Waals surface area contributed by atoms with E-state index in [9.17, 15) is 4.79 Å². The van der Waals surface area contributed by atoms with Crippen LogP contribution in [0.1, 0.15) is 38.7 Å². The summed E-state index contributed by atoms with van der Waals surface area (Å²) >= 11 is 0. The third kappa shape index (κ3) is 4.88. The van der Waals surface area contributed by atoms with Crippen LogP contribution >= 0.6 is 0 Å². The minimum atomic E-state index is 0.0187. The van der Waals surface area contributed by atoms with Gasteiger partial charge in [0.25, 0.3) is 0 Å². The number of carbonyl (C=O) groups is 1. The van der Waals surface area contributed by atoms with E-state index in [2.05, 4.69) is 53.7 Å². The number of benzene rings is 1. The molecule has 0 saturated carbocycles. The number of anilines is 3. The van der Waals surface area contributed by atoms with Crippen molar-refractivity contribution in [2.45, 2.75) is 39.5 Å². The second kappa shape index (κ2) is 8.17. The molecule has 0 spiro atoms. The van der Waals surface area contributed by atoms with Crippen LogP contribution in [0.15, 0.2) is 42.6 Å². The monoisotopic (exact) mass is 297 g/mol. The second-order valence-corrected chi connectivity index (χ2v) is 5.26. The first-order chi connectivity index (χ1) is 10.7. The third-order valence-corrected chi connectivity index (χ3v) is 3.44. The van der Waals surface area contributed by atoms with Gasteiger partial charge < -0.3 is 10.6 Å². The standard InChI is InChI=1S/C18H23N3O/c1-3-5-6-18(22)21-17-12-11-16(13-19-17)20-15-9-7-14(4-2)8-10-15/h7-13,20H,3-6H2,1-2H3,(H,19,21,22). The maximum atomic E-state index is 11.6. The molecule has 2 N–H and O–H groups in total. The Morgan fingerprint density at radius 1 is 1.05 bits per heavy atom. The van der Waals surface area contributed by atoms with Gasteiger partial charge in [-0.05, 0) is 42.7 Å². The number of hydrogen-bond acceptors (Lipinski definition) is 3. The largest absolute Gasteiger partial charge is 0.354 e. The number of amides is 1. The van der Waals surface area contributed by atoms with Gasteiger partial charge in [-0.3, -0.25) is 4.79 Å². The summed E-state index contributed by atoms with van der Waals surface area (Å²) in [6, 6.07) is 12.1. The molecule has 0 radical (unpaired) electrons. The average Bonchev–Trinajstić information content (AvgIpc) is 2.55. The summed E-state index contributed by atoms with van der Waals surface area (Å²) in [5.41, 5.74) is 3.24. The van der Waals surface area contributed by atoms with Crippen LogP contribution in [0.25, 0.3) is 0 Å². The van der Waals surface area contributed by atoms with E-state index >= 15 is 0 Å². The lowest BCUT2D eigenvalue weighted by molar-refractivity contribution is -0.116. The van der Waals surface area contributed by atoms with E-state index in [1.165, 1.54) is 5.56 Å². The van der Waals surface area contributed by atoms with Crippen LogP contribution in [-0.2, 0) is 11.2 Å². The van der Waals surface area contributed by atoms with Crippen LogP contribution in [0.3, 0.4) is 0 Å². The lowest BCUT2D eigenvalue weighted by Gasteiger charge is -2.08. The Hall–Kier alpha value is -2.36. The first-order valence-corrected chi connectivity index (χ1v) is 7.83. The maximum Gasteiger partial charge on any atom is 0.225 e. The molecule has 0 atom stereocenters. The molecule has 116 valence electrons. The van der Waals surface area contributed by atoms with Gasteiger partial charge in [-0.15, -0.1) is 0 Å². The van der Waals surface area contributed by atoms with Gasteiger partial charge in [0.2, 0.25) is 5.91 Å². The van der Waals surface area contributed by atoms with Crippen LogP contribution in [0.2, 0.25) is 0 Å². The molecule has 0 fully saturated rings. The predicted molar refractivity (Wildman–Crippen MR) is 91.5 cm³/mol. The summed E-state index contributed by atoms with van der Waals surface area (Å²) in [6.07, 6.45) is 5.22. The zero-order chi connectivity index (χ0) is 15.8. The van der Waals surface area contributed by atoms with E-state index in [4.69, 9.17) is 0 Å². The van der Waals surface area contributed by atoms with Gasteiger partial charge in [-0.1, -0.05) is 32.4 Å². The Labute approximate surface area is 132 Å². The first-order valence-electron chi connectivity index (χ1n) is 7.83. The van der Waals surface area contributed by atoms with Crippen molar-refractivity contribution < 1.29 is 4.79 Å². The van der Waals surface area contributed by atoms with Crippen molar-refractivity contribution in [2.75, 3.05) is 10.6 Å². The molecule has 4 heteroatoms. The quantitative estimate of drug-likeness (QED) is 0.790. The SMILES string of the molecule is CCCCC(=O)Nc1ccc(Nc2ccc(CC)cc2)cn1. The normalized spacial score (nSPS) is 10.3. The molecule has 2 aromatic rings. The van der Waals surface area contributed by atoms with Crippen LogP contribution in [0.4, 0.5) is 17.2 Å². The number of pyridine rings is 1. The van der Waals surface area contributed by atoms with Crippen molar-refractivity contribution in [1.29, 1.82) is 0 Å². The highest BCUT2D eigenvalue weighted by molar-refractivity contribution is 5.89. The molecule has 22 heavy (non-hydrogen) atoms. The van der Waals surface area contributed by atoms with E-state index in [0.717, 1.165) is 30.6 Å². The highest BCUT2D eigenvalue weighted by Crippen LogP contribution is 2.18. The van der Waals surface area contributed by atoms with E-state index in [-0.39, 0.29) is 5.91 Å². The molecular weight excluding hydrogens is 274 g/mol. The number of unbranched alkanes of at least 4 members (excludes halogenated alkanes) is 1. The average molecular weight is 297 g/mol. The Bertz CT molecular complexity index is 591. The zero-order valence-electron chi connectivity index (χ0n) is 13.2. The fraction of sp³-hybridized carbons (Fsp3) is 0.333. The summed E-state index contributed by atoms with van der Waals surface area (Å²) in [4.78, 5) is 15.9. The summed E-state index contributed by atoms with van der Waals surface area (Å²) in [5.74, 6) is 0.609. The van der Waals surface area contributed by atoms with Crippen LogP contribution in [0, 0.1) is 0 Å². The molecule has 4 nitrogen and oxygen atoms in total. The van der Waals surface area contributed by atoms with Crippen molar-refractivity contribution in [2.24, 2.45) is 0 Å². The molecule has 0 saturated heterocycles. The van der Waals surface area contributed by atoms with E-state index < -0.39 is 0 Å². The third-order valence-electron chi connectivity index (χ3n) is 3.44.